The van der Waals surface area contributed by atoms with E-state index in [0.29, 0.717) is 25.9 Å². The third kappa shape index (κ3) is 4.23. The number of carbonyl (C=O) groups excluding carboxylic acids is 1. The molecule has 1 aromatic carbocycles. The van der Waals surface area contributed by atoms with Crippen molar-refractivity contribution in [2.75, 3.05) is 18.0 Å². The van der Waals surface area contributed by atoms with Crippen LogP contribution in [0, 0.1) is 17.2 Å². The van der Waals surface area contributed by atoms with Crippen molar-refractivity contribution in [1.82, 2.24) is 30.0 Å². The summed E-state index contributed by atoms with van der Waals surface area (Å²) in [4.78, 5) is 26.2. The van der Waals surface area contributed by atoms with Gasteiger partial charge in [-0.15, -0.1) is 0 Å². The monoisotopic (exact) mass is 520 g/mol. The molecule has 12 heteroatoms. The Hall–Kier alpha value is -4.40. The minimum atomic E-state index is -4.47. The highest BCUT2D eigenvalue weighted by atomic mass is 19.4. The fourth-order valence-electron chi connectivity index (χ4n) is 5.08. The Bertz CT molecular complexity index is 1520. The van der Waals surface area contributed by atoms with Crippen molar-refractivity contribution in [3.63, 3.8) is 0 Å². The molecule has 0 radical (unpaired) electrons. The average molecular weight is 521 g/mol. The van der Waals surface area contributed by atoms with Gasteiger partial charge in [-0.3, -0.25) is 9.48 Å². The number of hydrogen-bond acceptors (Lipinski definition) is 6. The number of fused-ring (bicyclic) bond motifs is 1. The summed E-state index contributed by atoms with van der Waals surface area (Å²) in [5.41, 5.74) is 2.72. The van der Waals surface area contributed by atoms with Crippen LogP contribution in [0.15, 0.2) is 55.2 Å². The molecular formula is C26H23F3N8O. The summed E-state index contributed by atoms with van der Waals surface area (Å²) in [6.07, 6.45) is 3.60. The van der Waals surface area contributed by atoms with E-state index in [1.807, 2.05) is 17.2 Å². The number of nitriles is 1. The number of anilines is 1. The molecule has 1 amide bonds. The molecule has 0 spiro atoms. The minimum absolute atomic E-state index is 0.171. The largest absolute Gasteiger partial charge is 0.408 e. The molecule has 0 bridgehead atoms. The summed E-state index contributed by atoms with van der Waals surface area (Å²) < 4.78 is 41.6. The zero-order valence-electron chi connectivity index (χ0n) is 20.1. The van der Waals surface area contributed by atoms with Gasteiger partial charge in [-0.05, 0) is 49.1 Å². The molecule has 1 saturated carbocycles. The number of alkyl halides is 3. The first-order chi connectivity index (χ1) is 18.3. The normalized spacial score (nSPS) is 17.6. The lowest BCUT2D eigenvalue weighted by atomic mass is 9.86. The number of aromatic nitrogens is 5. The molecule has 38 heavy (non-hydrogen) atoms. The molecule has 2 aliphatic rings. The Morgan fingerprint density at radius 2 is 1.97 bits per heavy atom. The zero-order valence-corrected chi connectivity index (χ0v) is 20.1. The number of benzene rings is 1. The van der Waals surface area contributed by atoms with Crippen LogP contribution in [0.4, 0.5) is 18.9 Å². The van der Waals surface area contributed by atoms with E-state index in [2.05, 4.69) is 31.4 Å². The van der Waals surface area contributed by atoms with Crippen molar-refractivity contribution in [1.29, 1.82) is 5.26 Å². The lowest BCUT2D eigenvalue weighted by molar-refractivity contribution is -0.158. The summed E-state index contributed by atoms with van der Waals surface area (Å²) in [6.45, 7) is 1.02. The van der Waals surface area contributed by atoms with Crippen molar-refractivity contribution >= 4 is 22.6 Å². The van der Waals surface area contributed by atoms with Gasteiger partial charge in [-0.1, -0.05) is 0 Å². The van der Waals surface area contributed by atoms with E-state index in [4.69, 9.17) is 0 Å². The number of H-pyrrole nitrogens is 1. The topological polar surface area (TPSA) is 116 Å². The number of nitrogens with zero attached hydrogens (tertiary/aromatic N) is 6. The second kappa shape index (κ2) is 8.86. The van der Waals surface area contributed by atoms with Gasteiger partial charge in [0.05, 0.1) is 24.4 Å². The molecule has 6 rings (SSSR count). The van der Waals surface area contributed by atoms with Crippen LogP contribution in [-0.4, -0.2) is 55.9 Å². The van der Waals surface area contributed by atoms with Crippen molar-refractivity contribution in [2.45, 2.75) is 37.0 Å². The SMILES string of the molecule is N#CCC1(n2cc(-c3ncnc4[nH]ccc34)cn2)CN(c2ccc(C(=O)NC(C3CC3)C(F)(F)F)cc2)C1. The van der Waals surface area contributed by atoms with E-state index in [1.165, 1.54) is 18.5 Å². The highest BCUT2D eigenvalue weighted by Gasteiger charge is 2.50. The van der Waals surface area contributed by atoms with Crippen LogP contribution in [0.5, 0.6) is 0 Å². The molecule has 1 aliphatic carbocycles. The van der Waals surface area contributed by atoms with Gasteiger partial charge < -0.3 is 15.2 Å². The molecule has 3 aromatic heterocycles. The van der Waals surface area contributed by atoms with Gasteiger partial charge in [-0.2, -0.15) is 23.5 Å². The number of carbonyl (C=O) groups is 1. The predicted molar refractivity (Wildman–Crippen MR) is 132 cm³/mol. The van der Waals surface area contributed by atoms with Crippen LogP contribution in [0.1, 0.15) is 29.6 Å². The summed E-state index contributed by atoms with van der Waals surface area (Å²) >= 11 is 0. The third-order valence-corrected chi connectivity index (χ3v) is 7.30. The Morgan fingerprint density at radius 1 is 1.21 bits per heavy atom. The van der Waals surface area contributed by atoms with Gasteiger partial charge in [0, 0.05) is 47.7 Å². The number of nitrogens with one attached hydrogen (secondary N) is 2. The highest BCUT2D eigenvalue weighted by molar-refractivity contribution is 5.95. The zero-order chi connectivity index (χ0) is 26.5. The number of hydrogen-bond donors (Lipinski definition) is 2. The average Bonchev–Trinajstić information content (AvgIpc) is 3.37. The molecule has 1 unspecified atom stereocenters. The van der Waals surface area contributed by atoms with Crippen LogP contribution < -0.4 is 10.2 Å². The summed E-state index contributed by atoms with van der Waals surface area (Å²) in [5.74, 6) is -1.28. The van der Waals surface area contributed by atoms with Gasteiger partial charge in [-0.25, -0.2) is 9.97 Å². The first-order valence-corrected chi connectivity index (χ1v) is 12.2. The fourth-order valence-corrected chi connectivity index (χ4v) is 5.08. The van der Waals surface area contributed by atoms with Gasteiger partial charge >= 0.3 is 6.18 Å². The highest BCUT2D eigenvalue weighted by Crippen LogP contribution is 2.40. The molecule has 4 aromatic rings. The summed E-state index contributed by atoms with van der Waals surface area (Å²) in [5, 5.41) is 17.1. The van der Waals surface area contributed by atoms with E-state index in [-0.39, 0.29) is 12.0 Å². The van der Waals surface area contributed by atoms with Gasteiger partial charge in [0.25, 0.3) is 5.91 Å². The Labute approximate surface area is 215 Å². The van der Waals surface area contributed by atoms with Crippen LogP contribution in [0.3, 0.4) is 0 Å². The van der Waals surface area contributed by atoms with Gasteiger partial charge in [0.1, 0.15) is 23.6 Å². The maximum Gasteiger partial charge on any atom is 0.408 e. The molecule has 9 nitrogen and oxygen atoms in total. The number of halogens is 3. The third-order valence-electron chi connectivity index (χ3n) is 7.30. The van der Waals surface area contributed by atoms with E-state index in [0.717, 1.165) is 28.0 Å². The number of aromatic amines is 1. The van der Waals surface area contributed by atoms with E-state index in [1.54, 1.807) is 29.2 Å². The smallest absolute Gasteiger partial charge is 0.366 e. The lowest BCUT2D eigenvalue weighted by Gasteiger charge is -2.50. The molecule has 4 heterocycles. The first kappa shape index (κ1) is 24.0. The molecule has 1 aliphatic heterocycles. The first-order valence-electron chi connectivity index (χ1n) is 12.2. The lowest BCUT2D eigenvalue weighted by Crippen LogP contribution is -2.63. The molecule has 2 N–H and O–H groups in total. The van der Waals surface area contributed by atoms with Crippen LogP contribution in [0.2, 0.25) is 0 Å². The standard InChI is InChI=1S/C26H23F3N8O/c27-26(28,29)22(16-1-2-16)35-24(38)17-3-5-19(6-4-17)36-13-25(14-36,8-9-30)37-12-18(11-34-37)21-20-7-10-31-23(20)33-15-32-21/h3-7,10-12,15-16,22H,1-2,8,13-14H2,(H,35,38)(H,31,32,33). The van der Waals surface area contributed by atoms with Gasteiger partial charge in [0.2, 0.25) is 0 Å². The van der Waals surface area contributed by atoms with Crippen molar-refractivity contribution in [3.05, 3.63) is 60.8 Å². The predicted octanol–water partition coefficient (Wildman–Crippen LogP) is 4.02. The Balaban J connectivity index is 1.16. The molecule has 2 fully saturated rings. The van der Waals surface area contributed by atoms with Crippen molar-refractivity contribution in [3.8, 4) is 17.3 Å². The molecule has 1 saturated heterocycles. The van der Waals surface area contributed by atoms with Crippen LogP contribution in [-0.2, 0) is 5.54 Å². The molecule has 1 atom stereocenters. The summed E-state index contributed by atoms with van der Waals surface area (Å²) in [6, 6.07) is 8.82. The second-order valence-electron chi connectivity index (χ2n) is 9.93. The minimum Gasteiger partial charge on any atom is -0.366 e. The van der Waals surface area contributed by atoms with E-state index >= 15 is 0 Å². The van der Waals surface area contributed by atoms with Gasteiger partial charge in [0.15, 0.2) is 0 Å². The molecular weight excluding hydrogens is 497 g/mol. The molecule has 194 valence electrons. The maximum atomic E-state index is 13.3. The Morgan fingerprint density at radius 3 is 2.66 bits per heavy atom. The fraction of sp³-hybridized carbons (Fsp3) is 0.346. The number of amides is 1. The van der Waals surface area contributed by atoms with Crippen LogP contribution >= 0.6 is 0 Å². The van der Waals surface area contributed by atoms with E-state index in [9.17, 15) is 23.2 Å². The number of rotatable bonds is 7. The second-order valence-corrected chi connectivity index (χ2v) is 9.93. The van der Waals surface area contributed by atoms with E-state index < -0.39 is 29.6 Å². The summed E-state index contributed by atoms with van der Waals surface area (Å²) in [7, 11) is 0. The Kier molecular flexibility index (Phi) is 5.59. The van der Waals surface area contributed by atoms with Crippen molar-refractivity contribution < 1.29 is 18.0 Å². The quantitative estimate of drug-likeness (QED) is 0.380. The van der Waals surface area contributed by atoms with Crippen LogP contribution in [0.25, 0.3) is 22.3 Å². The van der Waals surface area contributed by atoms with Crippen molar-refractivity contribution in [2.24, 2.45) is 5.92 Å². The maximum absolute atomic E-state index is 13.3.